The molecule has 4 aliphatic carbocycles. The molecule has 5 nitrogen and oxygen atoms in total. The maximum absolute atomic E-state index is 12.4. The number of hydrogen-bond donors (Lipinski definition) is 1. The van der Waals surface area contributed by atoms with Gasteiger partial charge in [-0.15, -0.1) is 0 Å². The Morgan fingerprint density at radius 3 is 2.70 bits per heavy atom. The predicted molar refractivity (Wildman–Crippen MR) is 83.6 cm³/mol. The topological polar surface area (TPSA) is 66.8 Å². The first-order chi connectivity index (χ1) is 10.9. The van der Waals surface area contributed by atoms with Gasteiger partial charge in [-0.25, -0.2) is 0 Å². The summed E-state index contributed by atoms with van der Waals surface area (Å²) in [5, 5.41) is 10.4. The smallest absolute Gasteiger partial charge is 0.220 e. The molecule has 0 saturated heterocycles. The quantitative estimate of drug-likeness (QED) is 0.840. The summed E-state index contributed by atoms with van der Waals surface area (Å²) >= 11 is 0. The number of ether oxygens (including phenoxy) is 1. The minimum absolute atomic E-state index is 0.0679. The van der Waals surface area contributed by atoms with Gasteiger partial charge in [-0.3, -0.25) is 9.59 Å². The van der Waals surface area contributed by atoms with Crippen LogP contribution in [0.5, 0.6) is 0 Å². The van der Waals surface area contributed by atoms with Crippen LogP contribution in [0, 0.1) is 10.8 Å². The number of aliphatic hydroxyl groups is 1. The molecule has 5 heteroatoms. The Hall–Kier alpha value is -2.14. The number of carbonyl (C=O) groups excluding carboxylic acids is 2. The molecule has 4 rings (SSSR count). The molecular weight excluding hydrogens is 294 g/mol. The first-order valence-corrected chi connectivity index (χ1v) is 7.71. The van der Waals surface area contributed by atoms with Crippen LogP contribution in [0.25, 0.3) is 0 Å². The number of nitrogens with zero attached hydrogens (tertiary/aromatic N) is 1. The van der Waals surface area contributed by atoms with Crippen LogP contribution in [0.2, 0.25) is 0 Å². The first-order valence-electron chi connectivity index (χ1n) is 7.71. The molecule has 0 aromatic carbocycles. The molecule has 0 aromatic heterocycles. The van der Waals surface area contributed by atoms with Crippen LogP contribution in [0.15, 0.2) is 47.0 Å². The van der Waals surface area contributed by atoms with Crippen LogP contribution in [-0.2, 0) is 14.3 Å². The second-order valence-corrected chi connectivity index (χ2v) is 7.06. The summed E-state index contributed by atoms with van der Waals surface area (Å²) in [6.07, 6.45) is 8.16. The van der Waals surface area contributed by atoms with E-state index in [9.17, 15) is 14.7 Å². The largest absolute Gasteiger partial charge is 0.504 e. The van der Waals surface area contributed by atoms with Crippen molar-refractivity contribution in [2.45, 2.75) is 18.9 Å². The van der Waals surface area contributed by atoms with E-state index in [0.29, 0.717) is 11.3 Å². The summed E-state index contributed by atoms with van der Waals surface area (Å²) < 4.78 is 5.27. The molecule has 23 heavy (non-hydrogen) atoms. The van der Waals surface area contributed by atoms with E-state index < -0.39 is 5.41 Å². The molecule has 1 fully saturated rings. The number of methoxy groups -OCH3 is 1. The zero-order valence-corrected chi connectivity index (χ0v) is 13.4. The van der Waals surface area contributed by atoms with E-state index in [1.165, 1.54) is 13.2 Å². The van der Waals surface area contributed by atoms with Crippen LogP contribution in [-0.4, -0.2) is 48.8 Å². The van der Waals surface area contributed by atoms with Crippen molar-refractivity contribution >= 4 is 11.6 Å². The van der Waals surface area contributed by atoms with Gasteiger partial charge >= 0.3 is 0 Å². The third-order valence-electron chi connectivity index (χ3n) is 5.78. The SMILES string of the molecule is COC1=CC23C[C@]2(CC1=O)C1=C(O)C(=O)C=CC1=C[C@@H]3N(C)C. The number of aliphatic hydroxyl groups excluding tert-OH is 1. The number of carbonyl (C=O) groups is 2. The van der Waals surface area contributed by atoms with Crippen LogP contribution in [0.1, 0.15) is 12.8 Å². The van der Waals surface area contributed by atoms with Gasteiger partial charge in [-0.05, 0) is 38.2 Å². The molecule has 1 N–H and O–H groups in total. The van der Waals surface area contributed by atoms with Crippen LogP contribution in [0.3, 0.4) is 0 Å². The number of allylic oxidation sites excluding steroid dienone is 5. The average Bonchev–Trinajstić information content (AvgIpc) is 3.17. The van der Waals surface area contributed by atoms with Crippen molar-refractivity contribution in [3.63, 3.8) is 0 Å². The monoisotopic (exact) mass is 313 g/mol. The Labute approximate surface area is 134 Å². The highest BCUT2D eigenvalue weighted by atomic mass is 16.5. The molecule has 1 saturated carbocycles. The molecule has 0 aromatic rings. The molecule has 3 atom stereocenters. The van der Waals surface area contributed by atoms with Gasteiger partial charge in [0.1, 0.15) is 0 Å². The lowest BCUT2D eigenvalue weighted by Gasteiger charge is -2.42. The second-order valence-electron chi connectivity index (χ2n) is 7.06. The summed E-state index contributed by atoms with van der Waals surface area (Å²) in [5.74, 6) is -0.272. The van der Waals surface area contributed by atoms with E-state index in [1.54, 1.807) is 6.08 Å². The van der Waals surface area contributed by atoms with E-state index in [0.717, 1.165) is 12.0 Å². The second kappa shape index (κ2) is 4.23. The summed E-state index contributed by atoms with van der Waals surface area (Å²) in [6.45, 7) is 0. The van der Waals surface area contributed by atoms with E-state index in [2.05, 4.69) is 11.0 Å². The number of fused-ring (bicyclic) bond motifs is 1. The number of hydrogen-bond acceptors (Lipinski definition) is 5. The third kappa shape index (κ3) is 1.55. The Kier molecular flexibility index (Phi) is 2.66. The molecular formula is C18H19NO4. The van der Waals surface area contributed by atoms with Gasteiger partial charge in [0.05, 0.1) is 7.11 Å². The van der Waals surface area contributed by atoms with Crippen molar-refractivity contribution in [2.75, 3.05) is 21.2 Å². The zero-order valence-electron chi connectivity index (χ0n) is 13.4. The van der Waals surface area contributed by atoms with Gasteiger partial charge in [0.2, 0.25) is 5.78 Å². The maximum Gasteiger partial charge on any atom is 0.220 e. The van der Waals surface area contributed by atoms with Crippen molar-refractivity contribution in [1.82, 2.24) is 4.90 Å². The molecule has 0 spiro atoms. The third-order valence-corrected chi connectivity index (χ3v) is 5.78. The van der Waals surface area contributed by atoms with Crippen molar-refractivity contribution in [3.8, 4) is 0 Å². The number of likely N-dealkylation sites (N-methyl/N-ethyl adjacent to an activating group) is 1. The summed E-state index contributed by atoms with van der Waals surface area (Å²) in [5.41, 5.74) is 0.711. The normalized spacial score (nSPS) is 37.8. The highest BCUT2D eigenvalue weighted by molar-refractivity contribution is 6.06. The van der Waals surface area contributed by atoms with Gasteiger partial charge in [0.25, 0.3) is 0 Å². The highest BCUT2D eigenvalue weighted by Crippen LogP contribution is 2.78. The van der Waals surface area contributed by atoms with Gasteiger partial charge < -0.3 is 14.7 Å². The van der Waals surface area contributed by atoms with E-state index >= 15 is 0 Å². The van der Waals surface area contributed by atoms with E-state index in [4.69, 9.17) is 4.74 Å². The summed E-state index contributed by atoms with van der Waals surface area (Å²) in [6, 6.07) is 0.0881. The number of Topliss-reactive ketones (excluding diaryl/α,β-unsaturated/α-hetero) is 1. The molecule has 4 aliphatic rings. The van der Waals surface area contributed by atoms with Gasteiger partial charge in [-0.1, -0.05) is 12.2 Å². The summed E-state index contributed by atoms with van der Waals surface area (Å²) in [7, 11) is 5.51. The molecule has 0 aliphatic heterocycles. The van der Waals surface area contributed by atoms with Crippen LogP contribution in [0.4, 0.5) is 0 Å². The average molecular weight is 313 g/mol. The minimum atomic E-state index is -0.490. The summed E-state index contributed by atoms with van der Waals surface area (Å²) in [4.78, 5) is 26.5. The molecule has 0 heterocycles. The molecule has 0 bridgehead atoms. The van der Waals surface area contributed by atoms with Crippen molar-refractivity contribution in [3.05, 3.63) is 47.0 Å². The van der Waals surface area contributed by atoms with E-state index in [1.807, 2.05) is 20.2 Å². The van der Waals surface area contributed by atoms with Gasteiger partial charge in [0, 0.05) is 28.9 Å². The molecule has 0 radical (unpaired) electrons. The van der Waals surface area contributed by atoms with E-state index in [-0.39, 0.29) is 35.2 Å². The molecule has 1 unspecified atom stereocenters. The fraction of sp³-hybridized carbons (Fsp3) is 0.444. The lowest BCUT2D eigenvalue weighted by molar-refractivity contribution is -0.120. The minimum Gasteiger partial charge on any atom is -0.504 e. The Morgan fingerprint density at radius 2 is 2.04 bits per heavy atom. The van der Waals surface area contributed by atoms with Crippen molar-refractivity contribution < 1.29 is 19.4 Å². The van der Waals surface area contributed by atoms with Crippen LogP contribution < -0.4 is 0 Å². The van der Waals surface area contributed by atoms with Gasteiger partial charge in [0.15, 0.2) is 17.3 Å². The predicted octanol–water partition coefficient (Wildman–Crippen LogP) is 1.69. The standard InChI is InChI=1S/C18H19NO4/c1-19(2)14-6-10-4-5-11(20)16(22)15(10)18-7-12(21)13(23-3)8-17(14,18)9-18/h4-6,8,14,22H,7,9H2,1-3H3/t14-,17?,18+/m0/s1. The van der Waals surface area contributed by atoms with Gasteiger partial charge in [-0.2, -0.15) is 0 Å². The lowest BCUT2D eigenvalue weighted by Crippen LogP contribution is -2.44. The Morgan fingerprint density at radius 1 is 1.30 bits per heavy atom. The number of ketones is 2. The van der Waals surface area contributed by atoms with Crippen LogP contribution >= 0.6 is 0 Å². The lowest BCUT2D eigenvalue weighted by atomic mass is 9.66. The highest BCUT2D eigenvalue weighted by Gasteiger charge is 2.76. The maximum atomic E-state index is 12.4. The Balaban J connectivity index is 1.98. The first kappa shape index (κ1) is 14.5. The van der Waals surface area contributed by atoms with Crippen molar-refractivity contribution in [2.24, 2.45) is 10.8 Å². The molecule has 120 valence electrons. The fourth-order valence-corrected chi connectivity index (χ4v) is 4.76. The zero-order chi connectivity index (χ0) is 16.6. The van der Waals surface area contributed by atoms with Crippen molar-refractivity contribution in [1.29, 1.82) is 0 Å². The number of rotatable bonds is 2. The molecule has 0 amide bonds. The fourth-order valence-electron chi connectivity index (χ4n) is 4.76. The Bertz CT molecular complexity index is 770.